The van der Waals surface area contributed by atoms with Gasteiger partial charge in [-0.2, -0.15) is 4.31 Å². The van der Waals surface area contributed by atoms with Crippen molar-refractivity contribution < 1.29 is 17.7 Å². The summed E-state index contributed by atoms with van der Waals surface area (Å²) >= 11 is 0. The van der Waals surface area contributed by atoms with Gasteiger partial charge in [0.15, 0.2) is 5.76 Å². The van der Waals surface area contributed by atoms with E-state index < -0.39 is 22.0 Å². The molecule has 29 heavy (non-hydrogen) atoms. The van der Waals surface area contributed by atoms with Gasteiger partial charge in [-0.1, -0.05) is 11.2 Å². The average Bonchev–Trinajstić information content (AvgIpc) is 3.43. The summed E-state index contributed by atoms with van der Waals surface area (Å²) in [5, 5.41) is 17.5. The Labute approximate surface area is 166 Å². The number of amides is 1. The molecule has 0 saturated carbocycles. The summed E-state index contributed by atoms with van der Waals surface area (Å²) < 4.78 is 34.0. The van der Waals surface area contributed by atoms with Crippen molar-refractivity contribution in [3.8, 4) is 5.69 Å². The van der Waals surface area contributed by atoms with E-state index in [1.165, 1.54) is 15.3 Å². The highest BCUT2D eigenvalue weighted by molar-refractivity contribution is 7.89. The molecule has 2 aromatic heterocycles. The summed E-state index contributed by atoms with van der Waals surface area (Å²) in [7, 11) is -3.90. The van der Waals surface area contributed by atoms with E-state index in [4.69, 9.17) is 4.52 Å². The molecule has 1 saturated heterocycles. The van der Waals surface area contributed by atoms with Crippen LogP contribution in [0.4, 0.5) is 5.69 Å². The highest BCUT2D eigenvalue weighted by Gasteiger charge is 2.41. The number of anilines is 1. The van der Waals surface area contributed by atoms with Crippen LogP contribution in [0.5, 0.6) is 0 Å². The molecule has 152 valence electrons. The minimum Gasteiger partial charge on any atom is -0.360 e. The average molecular weight is 417 g/mol. The second-order valence-corrected chi connectivity index (χ2v) is 8.55. The molecule has 0 bridgehead atoms. The van der Waals surface area contributed by atoms with Crippen LogP contribution in [0.15, 0.2) is 40.0 Å². The number of tetrazole rings is 1. The van der Waals surface area contributed by atoms with Crippen LogP contribution in [0, 0.1) is 13.8 Å². The molecule has 12 heteroatoms. The Balaban J connectivity index is 1.57. The van der Waals surface area contributed by atoms with Crippen LogP contribution in [0.3, 0.4) is 0 Å². The first-order valence-corrected chi connectivity index (χ1v) is 10.4. The topological polar surface area (TPSA) is 136 Å². The molecule has 0 unspecified atom stereocenters. The fraction of sp³-hybridized carbons (Fsp3) is 0.353. The van der Waals surface area contributed by atoms with E-state index in [0.29, 0.717) is 24.2 Å². The second-order valence-electron chi connectivity index (χ2n) is 6.72. The number of carbonyl (C=O) groups is 1. The molecule has 0 aliphatic carbocycles. The van der Waals surface area contributed by atoms with E-state index in [0.717, 1.165) is 0 Å². The lowest BCUT2D eigenvalue weighted by Crippen LogP contribution is -2.43. The van der Waals surface area contributed by atoms with E-state index in [1.807, 2.05) is 0 Å². The maximum absolute atomic E-state index is 13.1. The number of hydrogen-bond acceptors (Lipinski definition) is 8. The Morgan fingerprint density at radius 2 is 2.14 bits per heavy atom. The zero-order valence-corrected chi connectivity index (χ0v) is 16.6. The number of sulfonamides is 1. The number of carbonyl (C=O) groups excluding carboxylic acids is 1. The number of aryl methyl sites for hydroxylation is 2. The van der Waals surface area contributed by atoms with Gasteiger partial charge >= 0.3 is 0 Å². The molecule has 1 amide bonds. The van der Waals surface area contributed by atoms with Gasteiger partial charge in [0.05, 0.1) is 5.69 Å². The van der Waals surface area contributed by atoms with Crippen LogP contribution >= 0.6 is 0 Å². The molecule has 3 heterocycles. The molecular weight excluding hydrogens is 398 g/mol. The molecule has 1 aliphatic rings. The lowest BCUT2D eigenvalue weighted by Gasteiger charge is -2.23. The molecule has 11 nitrogen and oxygen atoms in total. The van der Waals surface area contributed by atoms with Crippen LogP contribution in [0.2, 0.25) is 0 Å². The van der Waals surface area contributed by atoms with Gasteiger partial charge in [0, 0.05) is 12.2 Å². The van der Waals surface area contributed by atoms with Gasteiger partial charge in [-0.15, -0.1) is 5.10 Å². The van der Waals surface area contributed by atoms with E-state index in [1.54, 1.807) is 38.1 Å². The summed E-state index contributed by atoms with van der Waals surface area (Å²) in [6.45, 7) is 3.37. The first-order valence-electron chi connectivity index (χ1n) is 8.97. The van der Waals surface area contributed by atoms with Crippen molar-refractivity contribution in [1.29, 1.82) is 0 Å². The van der Waals surface area contributed by atoms with Crippen molar-refractivity contribution >= 4 is 21.6 Å². The van der Waals surface area contributed by atoms with Crippen LogP contribution in [-0.4, -0.2) is 56.6 Å². The fourth-order valence-corrected chi connectivity index (χ4v) is 5.43. The summed E-state index contributed by atoms with van der Waals surface area (Å²) in [6.07, 6.45) is 2.46. The number of nitrogens with one attached hydrogen (secondary N) is 1. The van der Waals surface area contributed by atoms with Crippen LogP contribution < -0.4 is 5.32 Å². The summed E-state index contributed by atoms with van der Waals surface area (Å²) in [6, 6.07) is 6.14. The van der Waals surface area contributed by atoms with Crippen LogP contribution in [-0.2, 0) is 14.8 Å². The third kappa shape index (κ3) is 3.51. The molecule has 0 spiro atoms. The standard InChI is InChI=1S/C17H19N7O4S/c1-11-16(12(2)28-20-11)29(26,27)24-8-4-7-15(24)17(25)19-13-5-3-6-14(9-13)23-10-18-21-22-23/h3,5-6,9-10,15H,4,7-8H2,1-2H3,(H,19,25)/t15-/m1/s1. The molecule has 1 N–H and O–H groups in total. The van der Waals surface area contributed by atoms with Crippen molar-refractivity contribution in [2.75, 3.05) is 11.9 Å². The molecule has 1 aliphatic heterocycles. The third-order valence-electron chi connectivity index (χ3n) is 4.77. The Hall–Kier alpha value is -3.12. The lowest BCUT2D eigenvalue weighted by atomic mass is 10.2. The van der Waals surface area contributed by atoms with Crippen molar-refractivity contribution in [3.63, 3.8) is 0 Å². The zero-order chi connectivity index (χ0) is 20.6. The predicted octanol–water partition coefficient (Wildman–Crippen LogP) is 1.06. The van der Waals surface area contributed by atoms with Gasteiger partial charge in [-0.25, -0.2) is 13.1 Å². The molecule has 0 radical (unpaired) electrons. The summed E-state index contributed by atoms with van der Waals surface area (Å²) in [5.74, 6) is -0.186. The summed E-state index contributed by atoms with van der Waals surface area (Å²) in [5.41, 5.74) is 1.46. The quantitative estimate of drug-likeness (QED) is 0.651. The Morgan fingerprint density at radius 1 is 1.31 bits per heavy atom. The minimum atomic E-state index is -3.90. The van der Waals surface area contributed by atoms with Crippen molar-refractivity contribution in [3.05, 3.63) is 42.0 Å². The first kappa shape index (κ1) is 19.2. The normalized spacial score (nSPS) is 17.5. The zero-order valence-electron chi connectivity index (χ0n) is 15.8. The number of rotatable bonds is 5. The highest BCUT2D eigenvalue weighted by Crippen LogP contribution is 2.30. The molecule has 3 aromatic rings. The number of hydrogen-bond donors (Lipinski definition) is 1. The van der Waals surface area contributed by atoms with Gasteiger partial charge < -0.3 is 9.84 Å². The number of nitrogens with zero attached hydrogens (tertiary/aromatic N) is 6. The molecular formula is C17H19N7O4S. The van der Waals surface area contributed by atoms with Gasteiger partial charge in [0.1, 0.15) is 23.0 Å². The van der Waals surface area contributed by atoms with Gasteiger partial charge in [0.25, 0.3) is 0 Å². The Bertz CT molecular complexity index is 1120. The Kier molecular flexibility index (Phi) is 4.88. The fourth-order valence-electron chi connectivity index (χ4n) is 3.48. The van der Waals surface area contributed by atoms with E-state index in [-0.39, 0.29) is 22.9 Å². The Morgan fingerprint density at radius 3 is 2.83 bits per heavy atom. The minimum absolute atomic E-state index is 0.0258. The van der Waals surface area contributed by atoms with E-state index in [9.17, 15) is 13.2 Å². The third-order valence-corrected chi connectivity index (χ3v) is 6.92. The second kappa shape index (κ2) is 7.37. The highest BCUT2D eigenvalue weighted by atomic mass is 32.2. The predicted molar refractivity (Wildman–Crippen MR) is 101 cm³/mol. The summed E-state index contributed by atoms with van der Waals surface area (Å²) in [4.78, 5) is 12.9. The molecule has 1 aromatic carbocycles. The monoisotopic (exact) mass is 417 g/mol. The van der Waals surface area contributed by atoms with Crippen molar-refractivity contribution in [1.82, 2.24) is 29.7 Å². The maximum Gasteiger partial charge on any atom is 0.249 e. The van der Waals surface area contributed by atoms with Crippen LogP contribution in [0.1, 0.15) is 24.3 Å². The van der Waals surface area contributed by atoms with Gasteiger partial charge in [0.2, 0.25) is 15.9 Å². The van der Waals surface area contributed by atoms with Gasteiger partial charge in [-0.05, 0) is 55.3 Å². The molecule has 1 fully saturated rings. The largest absolute Gasteiger partial charge is 0.360 e. The van der Waals surface area contributed by atoms with Crippen molar-refractivity contribution in [2.24, 2.45) is 0 Å². The lowest BCUT2D eigenvalue weighted by molar-refractivity contribution is -0.119. The van der Waals surface area contributed by atoms with Crippen molar-refractivity contribution in [2.45, 2.75) is 37.6 Å². The number of benzene rings is 1. The number of aromatic nitrogens is 5. The maximum atomic E-state index is 13.1. The smallest absolute Gasteiger partial charge is 0.249 e. The van der Waals surface area contributed by atoms with E-state index in [2.05, 4.69) is 26.0 Å². The van der Waals surface area contributed by atoms with E-state index >= 15 is 0 Å². The SMILES string of the molecule is Cc1noc(C)c1S(=O)(=O)N1CCC[C@@H]1C(=O)Nc1cccc(-n2cnnn2)c1. The first-order chi connectivity index (χ1) is 13.9. The van der Waals surface area contributed by atoms with Crippen LogP contribution in [0.25, 0.3) is 5.69 Å². The molecule has 1 atom stereocenters. The molecule has 4 rings (SSSR count). The van der Waals surface area contributed by atoms with Gasteiger partial charge in [-0.3, -0.25) is 4.79 Å².